The van der Waals surface area contributed by atoms with E-state index in [0.717, 1.165) is 4.72 Å². The molecule has 39 unspecified atom stereocenters. The highest BCUT2D eigenvalue weighted by molar-refractivity contribution is 7.84. The van der Waals surface area contributed by atoms with Gasteiger partial charge in [-0.1, -0.05) is 0 Å². The van der Waals surface area contributed by atoms with Crippen molar-refractivity contribution < 1.29 is 290 Å². The van der Waals surface area contributed by atoms with Crippen molar-refractivity contribution in [3.63, 3.8) is 0 Å². The van der Waals surface area contributed by atoms with Crippen LogP contribution < -0.4 is 14.2 Å². The van der Waals surface area contributed by atoms with E-state index in [1.54, 1.807) is 0 Å². The van der Waals surface area contributed by atoms with E-state index < -0.39 is 369 Å². The number of aliphatic hydroxyl groups is 14. The Balaban J connectivity index is 1.10. The minimum absolute atomic E-state index is 0.899. The predicted molar refractivity (Wildman–Crippen MR) is 345 cm³/mol. The Morgan fingerprint density at radius 2 is 0.525 bits per heavy atom. The fraction of sp³-hybridized carbons (Fsp3) is 0.917. The second-order valence-corrected chi connectivity index (χ2v) is 34.1. The van der Waals surface area contributed by atoms with E-state index in [1.165, 1.54) is 9.44 Å². The van der Waals surface area contributed by atoms with Crippen LogP contribution in [0.25, 0.3) is 0 Å². The fourth-order valence-corrected chi connectivity index (χ4v) is 16.5. The molecule has 0 saturated carbocycles. The van der Waals surface area contributed by atoms with E-state index in [-0.39, 0.29) is 0 Å². The molecular weight excluding hydrogens is 1830 g/mol. The molecule has 8 saturated heterocycles. The van der Waals surface area contributed by atoms with Gasteiger partial charge in [-0.3, -0.25) is 31.9 Å². The standard InChI is InChI=1S/C48H77N3O62S7/c52-1-6-14(55)25(7(2-53)97-6)101-46-22(63)20(61)29(35(109-46)39(68)69)105-42-11(49-114(74,75)76)15(56)26(8(3-54)98-42)103-47-33(112-119(89,90)91)23(64)30(36(110-47)40(70)71)107-44-13(51-116(80,81)82)17(58)28(10(100-44)5-96-118(86,87)88)104-48-34(113-120(92,93)94)24(65)31(37(111-48)41(72)73)106-43-12(50-115(77,78)79)16(57)27(9(99-43)4-95-117(83,84)85)102-45-21(62)18(59)19(60)32(108-45)38(66)67/h6-37,42-65H,1-5H2,(H,66,67)(H,68,69)(H,70,71)(H,72,73)(H,74,75,76)(H,77,78,79)(H,80,81,82)(H,83,84,85)(H,86,87,88)(H,89,90,91)(H,92,93,94). The Bertz CT molecular complexity index is 4380. The highest BCUT2D eigenvalue weighted by atomic mass is 32.3. The third-order valence-corrected chi connectivity index (χ3v) is 21.8. The maximum Gasteiger partial charge on any atom is 0.397 e. The van der Waals surface area contributed by atoms with Gasteiger partial charge in [0.05, 0.1) is 33.0 Å². The summed E-state index contributed by atoms with van der Waals surface area (Å²) in [5, 5.41) is 195. The van der Waals surface area contributed by atoms with Crippen LogP contribution in [0.4, 0.5) is 0 Å². The highest BCUT2D eigenvalue weighted by Gasteiger charge is 2.64. The maximum atomic E-state index is 13.3. The van der Waals surface area contributed by atoms with Crippen molar-refractivity contribution in [2.24, 2.45) is 0 Å². The van der Waals surface area contributed by atoms with Crippen molar-refractivity contribution >= 4 is 96.4 Å². The monoisotopic (exact) mass is 1910 g/mol. The molecule has 0 aliphatic carbocycles. The lowest BCUT2D eigenvalue weighted by Gasteiger charge is -2.50. The summed E-state index contributed by atoms with van der Waals surface area (Å²) in [5.74, 6) is -9.38. The van der Waals surface area contributed by atoms with Crippen LogP contribution in [-0.2, 0) is 179 Å². The highest BCUT2D eigenvalue weighted by Crippen LogP contribution is 2.41. The van der Waals surface area contributed by atoms with E-state index in [4.69, 9.17) is 71.1 Å². The minimum Gasteiger partial charge on any atom is -0.479 e. The van der Waals surface area contributed by atoms with Gasteiger partial charge < -0.3 is 163 Å². The van der Waals surface area contributed by atoms with Crippen LogP contribution in [0.2, 0.25) is 0 Å². The lowest BCUT2D eigenvalue weighted by Crippen LogP contribution is -2.71. The number of aliphatic carboxylic acids is 4. The van der Waals surface area contributed by atoms with Crippen LogP contribution in [0.5, 0.6) is 0 Å². The van der Waals surface area contributed by atoms with Gasteiger partial charge >= 0.3 is 96.4 Å². The quantitative estimate of drug-likeness (QED) is 0.0257. The Morgan fingerprint density at radius 1 is 0.258 bits per heavy atom. The summed E-state index contributed by atoms with van der Waals surface area (Å²) in [6.45, 7) is -7.32. The molecule has 65 nitrogen and oxygen atoms in total. The number of carbonyl (C=O) groups is 4. The number of rotatable bonds is 37. The fourth-order valence-electron chi connectivity index (χ4n) is 13.1. The van der Waals surface area contributed by atoms with Crippen molar-refractivity contribution in [3.8, 4) is 0 Å². The largest absolute Gasteiger partial charge is 0.479 e. The molecule has 0 spiro atoms. The summed E-state index contributed by atoms with van der Waals surface area (Å²) in [6.07, 6.45) is -100. The molecule has 120 heavy (non-hydrogen) atoms. The van der Waals surface area contributed by atoms with Gasteiger partial charge in [-0.15, -0.1) is 0 Å². The topological polar surface area (TPSA) is 1020 Å². The first-order chi connectivity index (χ1) is 55.1. The number of hydrogen-bond acceptors (Lipinski definition) is 51. The molecule has 0 aromatic heterocycles. The second-order valence-electron chi connectivity index (χ2n) is 26.3. The van der Waals surface area contributed by atoms with Gasteiger partial charge in [-0.05, 0) is 0 Å². The van der Waals surface area contributed by atoms with Gasteiger partial charge in [0.2, 0.25) is 0 Å². The molecule has 8 fully saturated rings. The third kappa shape index (κ3) is 25.4. The first-order valence-electron chi connectivity index (χ1n) is 32.9. The van der Waals surface area contributed by atoms with Gasteiger partial charge in [0.1, 0.15) is 159 Å². The summed E-state index contributed by atoms with van der Waals surface area (Å²) in [6, 6.07) is -8.91. The van der Waals surface area contributed by atoms with Crippen LogP contribution in [0.15, 0.2) is 0 Å². The first-order valence-corrected chi connectivity index (χ1v) is 42.7. The van der Waals surface area contributed by atoms with E-state index >= 15 is 0 Å². The second kappa shape index (κ2) is 39.6. The lowest BCUT2D eigenvalue weighted by molar-refractivity contribution is -0.378. The summed E-state index contributed by atoms with van der Waals surface area (Å²) in [4.78, 5) is 51.1. The maximum absolute atomic E-state index is 13.3. The van der Waals surface area contributed by atoms with Crippen LogP contribution >= 0.6 is 0 Å². The average Bonchev–Trinajstić information content (AvgIpc) is 0.911. The smallest absolute Gasteiger partial charge is 0.397 e. The molecule has 698 valence electrons. The number of carboxylic acids is 4. The lowest BCUT2D eigenvalue weighted by atomic mass is 9.94. The Hall–Kier alpha value is -4.19. The number of aliphatic hydroxyl groups excluding tert-OH is 14. The van der Waals surface area contributed by atoms with Gasteiger partial charge in [0, 0.05) is 0 Å². The van der Waals surface area contributed by atoms with E-state index in [0.29, 0.717) is 0 Å². The van der Waals surface area contributed by atoms with E-state index in [1.807, 2.05) is 0 Å². The van der Waals surface area contributed by atoms with Crippen molar-refractivity contribution in [1.82, 2.24) is 14.2 Å². The molecule has 0 radical (unpaired) electrons. The van der Waals surface area contributed by atoms with Crippen LogP contribution in [0, 0.1) is 0 Å². The summed E-state index contributed by atoms with van der Waals surface area (Å²) in [7, 11) is -42.2. The molecule has 0 aromatic rings. The number of ether oxygens (including phenoxy) is 15. The van der Waals surface area contributed by atoms with E-state index in [2.05, 4.69) is 16.7 Å². The zero-order valence-electron chi connectivity index (χ0n) is 58.7. The van der Waals surface area contributed by atoms with Crippen LogP contribution in [-0.4, -0.2) is 479 Å². The molecule has 8 rings (SSSR count). The summed E-state index contributed by atoms with van der Waals surface area (Å²) in [5.41, 5.74) is 0. The third-order valence-electron chi connectivity index (χ3n) is 18.2. The van der Waals surface area contributed by atoms with Crippen molar-refractivity contribution in [2.45, 2.75) is 239 Å². The molecule has 8 heterocycles. The average molecular weight is 1910 g/mol. The molecule has 39 atom stereocenters. The van der Waals surface area contributed by atoms with Crippen LogP contribution in [0.1, 0.15) is 0 Å². The number of carboxylic acid groups (broad SMARTS) is 4. The Kier molecular flexibility index (Phi) is 33.4. The van der Waals surface area contributed by atoms with Gasteiger partial charge in [-0.2, -0.15) is 73.1 Å². The predicted octanol–water partition coefficient (Wildman–Crippen LogP) is -19.9. The summed E-state index contributed by atoms with van der Waals surface area (Å²) >= 11 is 0. The van der Waals surface area contributed by atoms with Gasteiger partial charge in [-0.25, -0.2) is 35.9 Å². The SMILES string of the molecule is O=C(O)C1OC(OC2C(COS(=O)(=O)O)OC(OC3C(C(=O)O)OC(OC4C(COS(=O)(=O)O)OC(OC5C(C(=O)O)OC(OC6C(CO)OC(OC7C(C(=O)O)OC(OC8C(CO)OC(CO)C8O)C(O)C7O)C(NS(=O)(=O)O)C6O)C(OS(=O)(=O)O)C5O)C(NS(=O)(=O)O)C4O)C(OS(=O)(=O)O)C3O)C(NS(=O)(=O)O)C2O)C(O)C(O)C1O. The molecule has 28 N–H and O–H groups in total. The van der Waals surface area contributed by atoms with Crippen molar-refractivity contribution in [1.29, 1.82) is 0 Å². The van der Waals surface area contributed by atoms with Crippen molar-refractivity contribution in [3.05, 3.63) is 0 Å². The zero-order chi connectivity index (χ0) is 90.4. The number of nitrogens with one attached hydrogen (secondary N) is 3. The normalized spacial score (nSPS) is 42.9. The first kappa shape index (κ1) is 101. The summed E-state index contributed by atoms with van der Waals surface area (Å²) < 4.78 is 345. The van der Waals surface area contributed by atoms with Gasteiger partial charge in [0.25, 0.3) is 0 Å². The van der Waals surface area contributed by atoms with Crippen LogP contribution in [0.3, 0.4) is 0 Å². The van der Waals surface area contributed by atoms with Gasteiger partial charge in [0.15, 0.2) is 80.7 Å². The van der Waals surface area contributed by atoms with Crippen molar-refractivity contribution in [2.75, 3.05) is 33.0 Å². The number of hydrogen-bond donors (Lipinski definition) is 28. The molecule has 8 aliphatic rings. The minimum atomic E-state index is -6.33. The molecular formula is C48H77N3O62S7. The Morgan fingerprint density at radius 3 is 0.833 bits per heavy atom. The molecule has 0 amide bonds. The molecule has 0 bridgehead atoms. The van der Waals surface area contributed by atoms with E-state index in [9.17, 15) is 202 Å². The zero-order valence-corrected chi connectivity index (χ0v) is 64.4. The molecule has 72 heteroatoms. The molecule has 0 aromatic carbocycles. The Labute approximate surface area is 669 Å². The molecule has 8 aliphatic heterocycles.